The summed E-state index contributed by atoms with van der Waals surface area (Å²) in [5.41, 5.74) is -0.0577. The van der Waals surface area contributed by atoms with E-state index in [1.807, 2.05) is 0 Å². The molecule has 2 rings (SSSR count). The summed E-state index contributed by atoms with van der Waals surface area (Å²) in [5, 5.41) is 16.3. The molecule has 0 unspecified atom stereocenters. The Balaban J connectivity index is 2.34. The average molecular weight is 325 g/mol. The lowest BCUT2D eigenvalue weighted by Gasteiger charge is -2.09. The first-order valence-corrected chi connectivity index (χ1v) is 5.97. The highest BCUT2D eigenvalue weighted by atomic mass is 79.9. The molecule has 2 aromatic rings. The van der Waals surface area contributed by atoms with Crippen LogP contribution in [-0.4, -0.2) is 28.4 Å². The van der Waals surface area contributed by atoms with Crippen molar-refractivity contribution in [1.82, 2.24) is 10.2 Å². The molecule has 98 valence electrons. The summed E-state index contributed by atoms with van der Waals surface area (Å²) in [6.45, 7) is 0. The van der Waals surface area contributed by atoms with E-state index in [4.69, 9.17) is 14.6 Å². The summed E-state index contributed by atoms with van der Waals surface area (Å²) in [5.74, 6) is -0.129. The third-order valence-electron chi connectivity index (χ3n) is 2.26. The van der Waals surface area contributed by atoms with Crippen LogP contribution in [0.5, 0.6) is 17.4 Å². The maximum atomic E-state index is 11.0. The molecule has 0 aliphatic rings. The van der Waals surface area contributed by atoms with E-state index in [-0.39, 0.29) is 11.4 Å². The van der Waals surface area contributed by atoms with Crippen LogP contribution in [-0.2, 0) is 0 Å². The summed E-state index contributed by atoms with van der Waals surface area (Å²) >= 11 is 3.31. The van der Waals surface area contributed by atoms with E-state index in [2.05, 4.69) is 26.1 Å². The second-order valence-corrected chi connectivity index (χ2v) is 4.31. The van der Waals surface area contributed by atoms with Gasteiger partial charge in [-0.05, 0) is 40.2 Å². The van der Waals surface area contributed by atoms with Crippen molar-refractivity contribution < 1.29 is 19.4 Å². The van der Waals surface area contributed by atoms with E-state index in [9.17, 15) is 4.79 Å². The van der Waals surface area contributed by atoms with Crippen LogP contribution in [0.1, 0.15) is 10.4 Å². The predicted octanol–water partition coefficient (Wildman–Crippen LogP) is 2.74. The number of rotatable bonds is 4. The largest absolute Gasteiger partial charge is 0.497 e. The van der Waals surface area contributed by atoms with Crippen molar-refractivity contribution in [2.24, 2.45) is 0 Å². The normalized spacial score (nSPS) is 10.0. The molecule has 0 saturated heterocycles. The number of halogens is 1. The fourth-order valence-electron chi connectivity index (χ4n) is 1.35. The summed E-state index contributed by atoms with van der Waals surface area (Å²) in [6.07, 6.45) is 1.29. The molecule has 0 fully saturated rings. The average Bonchev–Trinajstić information content (AvgIpc) is 2.41. The van der Waals surface area contributed by atoms with Crippen molar-refractivity contribution in [1.29, 1.82) is 0 Å². The number of ether oxygens (including phenoxy) is 2. The second kappa shape index (κ2) is 5.66. The van der Waals surface area contributed by atoms with Gasteiger partial charge in [0.05, 0.1) is 17.8 Å². The van der Waals surface area contributed by atoms with E-state index in [1.165, 1.54) is 12.3 Å². The Morgan fingerprint density at radius 1 is 1.37 bits per heavy atom. The van der Waals surface area contributed by atoms with Crippen molar-refractivity contribution in [3.05, 3.63) is 40.5 Å². The van der Waals surface area contributed by atoms with Crippen LogP contribution >= 0.6 is 15.9 Å². The first-order chi connectivity index (χ1) is 9.11. The SMILES string of the molecule is COc1ccc(Oc2nnccc2C(=O)O)c(Br)c1. The minimum atomic E-state index is -1.13. The highest BCUT2D eigenvalue weighted by Crippen LogP contribution is 2.32. The molecule has 1 N–H and O–H groups in total. The van der Waals surface area contributed by atoms with E-state index < -0.39 is 5.97 Å². The number of hydrogen-bond donors (Lipinski definition) is 1. The molecule has 0 amide bonds. The summed E-state index contributed by atoms with van der Waals surface area (Å²) in [4.78, 5) is 11.0. The van der Waals surface area contributed by atoms with Crippen molar-refractivity contribution in [2.45, 2.75) is 0 Å². The topological polar surface area (TPSA) is 81.5 Å². The van der Waals surface area contributed by atoms with Crippen LogP contribution in [0, 0.1) is 0 Å². The molecule has 7 heteroatoms. The molecular formula is C12H9BrN2O4. The Morgan fingerprint density at radius 2 is 2.16 bits per heavy atom. The minimum Gasteiger partial charge on any atom is -0.497 e. The van der Waals surface area contributed by atoms with E-state index in [1.54, 1.807) is 25.3 Å². The Morgan fingerprint density at radius 3 is 2.79 bits per heavy atom. The number of carbonyl (C=O) groups is 1. The van der Waals surface area contributed by atoms with Gasteiger partial charge in [-0.1, -0.05) is 0 Å². The minimum absolute atomic E-state index is 0.0577. The Kier molecular flexibility index (Phi) is 3.96. The Labute approximate surface area is 117 Å². The number of methoxy groups -OCH3 is 1. The highest BCUT2D eigenvalue weighted by molar-refractivity contribution is 9.10. The number of carboxylic acids is 1. The first-order valence-electron chi connectivity index (χ1n) is 5.18. The molecule has 0 aliphatic heterocycles. The maximum absolute atomic E-state index is 11.0. The van der Waals surface area contributed by atoms with Gasteiger partial charge in [0.15, 0.2) is 0 Å². The molecule has 0 atom stereocenters. The van der Waals surface area contributed by atoms with Crippen LogP contribution in [0.15, 0.2) is 34.9 Å². The molecule has 1 aromatic heterocycles. The van der Waals surface area contributed by atoms with Crippen molar-refractivity contribution in [2.75, 3.05) is 7.11 Å². The fourth-order valence-corrected chi connectivity index (χ4v) is 1.79. The fraction of sp³-hybridized carbons (Fsp3) is 0.0833. The third kappa shape index (κ3) is 3.00. The van der Waals surface area contributed by atoms with Gasteiger partial charge in [0.2, 0.25) is 0 Å². The van der Waals surface area contributed by atoms with Crippen LogP contribution < -0.4 is 9.47 Å². The highest BCUT2D eigenvalue weighted by Gasteiger charge is 2.15. The number of aromatic carboxylic acids is 1. The summed E-state index contributed by atoms with van der Waals surface area (Å²) < 4.78 is 11.1. The van der Waals surface area contributed by atoms with Crippen LogP contribution in [0.3, 0.4) is 0 Å². The number of aromatic nitrogens is 2. The monoisotopic (exact) mass is 324 g/mol. The Hall–Kier alpha value is -2.15. The standard InChI is InChI=1S/C12H9BrN2O4/c1-18-7-2-3-10(9(13)6-7)19-11-8(12(16)17)4-5-14-15-11/h2-6H,1H3,(H,16,17). The molecule has 0 spiro atoms. The van der Waals surface area contributed by atoms with Gasteiger partial charge in [0.1, 0.15) is 17.1 Å². The number of nitrogens with zero attached hydrogens (tertiary/aromatic N) is 2. The van der Waals surface area contributed by atoms with Gasteiger partial charge in [-0.2, -0.15) is 5.10 Å². The molecule has 0 radical (unpaired) electrons. The zero-order chi connectivity index (χ0) is 13.8. The number of carboxylic acid groups (broad SMARTS) is 1. The number of hydrogen-bond acceptors (Lipinski definition) is 5. The molecule has 19 heavy (non-hydrogen) atoms. The van der Waals surface area contributed by atoms with Gasteiger partial charge in [-0.25, -0.2) is 4.79 Å². The van der Waals surface area contributed by atoms with Gasteiger partial charge in [-0.15, -0.1) is 5.10 Å². The van der Waals surface area contributed by atoms with Gasteiger partial charge >= 0.3 is 5.97 Å². The van der Waals surface area contributed by atoms with E-state index in [0.29, 0.717) is 16.0 Å². The zero-order valence-corrected chi connectivity index (χ0v) is 11.4. The second-order valence-electron chi connectivity index (χ2n) is 3.45. The van der Waals surface area contributed by atoms with E-state index in [0.717, 1.165) is 0 Å². The zero-order valence-electron chi connectivity index (χ0n) is 9.83. The quantitative estimate of drug-likeness (QED) is 0.931. The molecule has 0 saturated carbocycles. The smallest absolute Gasteiger partial charge is 0.341 e. The first kappa shape index (κ1) is 13.3. The molecule has 1 aromatic carbocycles. The lowest BCUT2D eigenvalue weighted by molar-refractivity contribution is 0.0693. The van der Waals surface area contributed by atoms with Gasteiger partial charge in [0, 0.05) is 0 Å². The maximum Gasteiger partial charge on any atom is 0.341 e. The van der Waals surface area contributed by atoms with Crippen molar-refractivity contribution in [3.8, 4) is 17.4 Å². The van der Waals surface area contributed by atoms with Gasteiger partial charge < -0.3 is 14.6 Å². The van der Waals surface area contributed by atoms with Crippen LogP contribution in [0.2, 0.25) is 0 Å². The molecule has 1 heterocycles. The number of benzene rings is 1. The molecule has 6 nitrogen and oxygen atoms in total. The van der Waals surface area contributed by atoms with Crippen molar-refractivity contribution in [3.63, 3.8) is 0 Å². The lowest BCUT2D eigenvalue weighted by Crippen LogP contribution is -2.03. The van der Waals surface area contributed by atoms with Crippen LogP contribution in [0.25, 0.3) is 0 Å². The van der Waals surface area contributed by atoms with Gasteiger partial charge in [-0.3, -0.25) is 0 Å². The van der Waals surface area contributed by atoms with E-state index >= 15 is 0 Å². The lowest BCUT2D eigenvalue weighted by atomic mass is 10.3. The molecule has 0 aliphatic carbocycles. The van der Waals surface area contributed by atoms with Crippen LogP contribution in [0.4, 0.5) is 0 Å². The van der Waals surface area contributed by atoms with Crippen molar-refractivity contribution >= 4 is 21.9 Å². The molecule has 0 bridgehead atoms. The predicted molar refractivity (Wildman–Crippen MR) is 69.8 cm³/mol. The summed E-state index contributed by atoms with van der Waals surface area (Å²) in [6, 6.07) is 6.36. The summed E-state index contributed by atoms with van der Waals surface area (Å²) in [7, 11) is 1.55. The molecular weight excluding hydrogens is 316 g/mol. The Bertz CT molecular complexity index is 618. The van der Waals surface area contributed by atoms with Gasteiger partial charge in [0.25, 0.3) is 5.88 Å². The third-order valence-corrected chi connectivity index (χ3v) is 2.88.